The van der Waals surface area contributed by atoms with Gasteiger partial charge in [-0.25, -0.2) is 0 Å². The molecule has 0 fully saturated rings. The molecular formula is C15H19F3N2O. The van der Waals surface area contributed by atoms with E-state index in [9.17, 15) is 18.3 Å². The Kier molecular flexibility index (Phi) is 3.80. The second kappa shape index (κ2) is 5.03. The Labute approximate surface area is 121 Å². The minimum absolute atomic E-state index is 0.388. The normalized spacial score (nSPS) is 13.4. The summed E-state index contributed by atoms with van der Waals surface area (Å²) in [6.45, 7) is 3.76. The molecule has 2 N–H and O–H groups in total. The molecule has 6 heteroatoms. The highest BCUT2D eigenvalue weighted by atomic mass is 19.4. The van der Waals surface area contributed by atoms with Crippen LogP contribution in [0, 0.1) is 0 Å². The van der Waals surface area contributed by atoms with Gasteiger partial charge in [0.25, 0.3) is 0 Å². The van der Waals surface area contributed by atoms with Crippen LogP contribution >= 0.6 is 0 Å². The molecule has 2 aromatic rings. The molecule has 0 aliphatic carbocycles. The third-order valence-corrected chi connectivity index (χ3v) is 3.32. The van der Waals surface area contributed by atoms with Crippen molar-refractivity contribution in [2.75, 3.05) is 14.1 Å². The molecule has 1 aromatic carbocycles. The first-order chi connectivity index (χ1) is 9.50. The van der Waals surface area contributed by atoms with Gasteiger partial charge in [-0.3, -0.25) is 0 Å². The summed E-state index contributed by atoms with van der Waals surface area (Å²) in [7, 11) is 3.74. The lowest BCUT2D eigenvalue weighted by Gasteiger charge is -2.20. The van der Waals surface area contributed by atoms with Crippen molar-refractivity contribution in [3.63, 3.8) is 0 Å². The van der Waals surface area contributed by atoms with Crippen molar-refractivity contribution in [1.29, 1.82) is 0 Å². The van der Waals surface area contributed by atoms with E-state index in [4.69, 9.17) is 0 Å². The summed E-state index contributed by atoms with van der Waals surface area (Å²) in [5.74, 6) is 0. The first-order valence-corrected chi connectivity index (χ1v) is 6.59. The lowest BCUT2D eigenvalue weighted by molar-refractivity contribution is -0.137. The number of aromatic nitrogens is 1. The Morgan fingerprint density at radius 1 is 1.19 bits per heavy atom. The van der Waals surface area contributed by atoms with Crippen LogP contribution in [0.4, 0.5) is 13.2 Å². The summed E-state index contributed by atoms with van der Waals surface area (Å²) >= 11 is 0. The van der Waals surface area contributed by atoms with Gasteiger partial charge in [-0.2, -0.15) is 13.2 Å². The minimum Gasteiger partial charge on any atom is -0.384 e. The molecule has 1 aromatic heterocycles. The van der Waals surface area contributed by atoms with E-state index in [2.05, 4.69) is 4.98 Å². The van der Waals surface area contributed by atoms with Gasteiger partial charge in [0.05, 0.1) is 16.9 Å². The Bertz CT molecular complexity index is 651. The molecule has 3 nitrogen and oxygen atoms in total. The first-order valence-electron chi connectivity index (χ1n) is 6.59. The van der Waals surface area contributed by atoms with Crippen LogP contribution in [0.25, 0.3) is 10.9 Å². The number of H-pyrrole nitrogens is 1. The highest BCUT2D eigenvalue weighted by Crippen LogP contribution is 2.35. The highest BCUT2D eigenvalue weighted by molar-refractivity contribution is 5.85. The molecule has 116 valence electrons. The van der Waals surface area contributed by atoms with Crippen LogP contribution in [0.3, 0.4) is 0 Å². The van der Waals surface area contributed by atoms with E-state index in [0.717, 1.165) is 17.7 Å². The van der Waals surface area contributed by atoms with E-state index in [-0.39, 0.29) is 0 Å². The predicted molar refractivity (Wildman–Crippen MR) is 75.9 cm³/mol. The third-order valence-electron chi connectivity index (χ3n) is 3.32. The Morgan fingerprint density at radius 2 is 1.81 bits per heavy atom. The van der Waals surface area contributed by atoms with Crippen LogP contribution in [0.1, 0.15) is 30.7 Å². The molecule has 0 atom stereocenters. The molecule has 2 rings (SSSR count). The third kappa shape index (κ3) is 3.22. The number of nitrogens with one attached hydrogen (secondary N) is 1. The van der Waals surface area contributed by atoms with Crippen LogP contribution in [-0.2, 0) is 18.3 Å². The number of fused-ring (bicyclic) bond motifs is 1. The van der Waals surface area contributed by atoms with Gasteiger partial charge >= 0.3 is 6.18 Å². The molecular weight excluding hydrogens is 281 g/mol. The molecule has 21 heavy (non-hydrogen) atoms. The first kappa shape index (κ1) is 15.9. The Hall–Kier alpha value is -1.53. The van der Waals surface area contributed by atoms with E-state index in [1.807, 2.05) is 19.0 Å². The number of alkyl halides is 3. The molecule has 0 unspecified atom stereocenters. The van der Waals surface area contributed by atoms with E-state index in [1.54, 1.807) is 13.8 Å². The highest BCUT2D eigenvalue weighted by Gasteiger charge is 2.32. The summed E-state index contributed by atoms with van der Waals surface area (Å²) in [5, 5.41) is 10.9. The fraction of sp³-hybridized carbons (Fsp3) is 0.467. The molecule has 0 saturated heterocycles. The average Bonchev–Trinajstić information content (AvgIpc) is 2.65. The van der Waals surface area contributed by atoms with E-state index >= 15 is 0 Å². The zero-order chi connectivity index (χ0) is 16.0. The number of hydrogen-bond acceptors (Lipinski definition) is 2. The number of hydrogen-bond donors (Lipinski definition) is 2. The van der Waals surface area contributed by atoms with Gasteiger partial charge in [-0.15, -0.1) is 0 Å². The quantitative estimate of drug-likeness (QED) is 0.911. The largest absolute Gasteiger partial charge is 0.416 e. The number of aromatic amines is 1. The number of aliphatic hydroxyl groups is 1. The van der Waals surface area contributed by atoms with Crippen LogP contribution < -0.4 is 0 Å². The number of halogens is 3. The summed E-state index contributed by atoms with van der Waals surface area (Å²) in [5.41, 5.74) is -0.0987. The van der Waals surface area contributed by atoms with Crippen molar-refractivity contribution in [3.05, 3.63) is 35.0 Å². The summed E-state index contributed by atoms with van der Waals surface area (Å²) < 4.78 is 38.4. The fourth-order valence-electron chi connectivity index (χ4n) is 2.43. The maximum absolute atomic E-state index is 12.8. The van der Waals surface area contributed by atoms with Crippen LogP contribution in [0.15, 0.2) is 18.2 Å². The van der Waals surface area contributed by atoms with Crippen molar-refractivity contribution < 1.29 is 18.3 Å². The van der Waals surface area contributed by atoms with Gasteiger partial charge in [0, 0.05) is 17.4 Å². The van der Waals surface area contributed by atoms with E-state index < -0.39 is 17.3 Å². The maximum Gasteiger partial charge on any atom is 0.416 e. The molecule has 0 amide bonds. The fourth-order valence-corrected chi connectivity index (χ4v) is 2.43. The molecule has 0 saturated carbocycles. The predicted octanol–water partition coefficient (Wildman–Crippen LogP) is 3.48. The molecule has 0 aliphatic rings. The van der Waals surface area contributed by atoms with Crippen molar-refractivity contribution in [2.24, 2.45) is 0 Å². The van der Waals surface area contributed by atoms with Crippen molar-refractivity contribution >= 4 is 10.9 Å². The van der Waals surface area contributed by atoms with Crippen LogP contribution in [0.2, 0.25) is 0 Å². The second-order valence-electron chi connectivity index (χ2n) is 6.03. The summed E-state index contributed by atoms with van der Waals surface area (Å²) in [4.78, 5) is 4.86. The Morgan fingerprint density at radius 3 is 2.29 bits per heavy atom. The standard InChI is InChI=1S/C15H19F3N2O/c1-14(2,21)13-11(8-20(3)4)10-6-5-9(15(16,17)18)7-12(10)19-13/h5-7,19,21H,8H2,1-4H3. The van der Waals surface area contributed by atoms with Gasteiger partial charge in [0.2, 0.25) is 0 Å². The van der Waals surface area contributed by atoms with Gasteiger partial charge in [-0.05, 0) is 45.6 Å². The SMILES string of the molecule is CN(C)Cc1c(C(C)(C)O)[nH]c2cc(C(F)(F)F)ccc12. The summed E-state index contributed by atoms with van der Waals surface area (Å²) in [6.07, 6.45) is -4.38. The smallest absolute Gasteiger partial charge is 0.384 e. The van der Waals surface area contributed by atoms with Gasteiger partial charge in [-0.1, -0.05) is 6.07 Å². The van der Waals surface area contributed by atoms with Crippen molar-refractivity contribution in [2.45, 2.75) is 32.2 Å². The lowest BCUT2D eigenvalue weighted by atomic mass is 9.99. The van der Waals surface area contributed by atoms with Gasteiger partial charge < -0.3 is 15.0 Å². The maximum atomic E-state index is 12.8. The second-order valence-corrected chi connectivity index (χ2v) is 6.03. The monoisotopic (exact) mass is 300 g/mol. The molecule has 0 radical (unpaired) electrons. The van der Waals surface area contributed by atoms with Crippen molar-refractivity contribution in [1.82, 2.24) is 9.88 Å². The molecule has 0 aliphatic heterocycles. The zero-order valence-electron chi connectivity index (χ0n) is 12.5. The molecule has 0 bridgehead atoms. The average molecular weight is 300 g/mol. The molecule has 0 spiro atoms. The van der Waals surface area contributed by atoms with Gasteiger partial charge in [0.15, 0.2) is 0 Å². The van der Waals surface area contributed by atoms with E-state index in [0.29, 0.717) is 23.1 Å². The summed E-state index contributed by atoms with van der Waals surface area (Å²) in [6, 6.07) is 3.62. The van der Waals surface area contributed by atoms with Crippen LogP contribution in [-0.4, -0.2) is 29.1 Å². The van der Waals surface area contributed by atoms with Crippen molar-refractivity contribution in [3.8, 4) is 0 Å². The zero-order valence-corrected chi connectivity index (χ0v) is 12.5. The topological polar surface area (TPSA) is 39.3 Å². The minimum atomic E-state index is -4.38. The number of benzene rings is 1. The number of rotatable bonds is 3. The van der Waals surface area contributed by atoms with Crippen LogP contribution in [0.5, 0.6) is 0 Å². The van der Waals surface area contributed by atoms with E-state index in [1.165, 1.54) is 6.07 Å². The molecule has 1 heterocycles. The number of nitrogens with zero attached hydrogens (tertiary/aromatic N) is 1. The Balaban J connectivity index is 2.67. The van der Waals surface area contributed by atoms with Gasteiger partial charge in [0.1, 0.15) is 0 Å². The lowest BCUT2D eigenvalue weighted by Crippen LogP contribution is -2.21.